The van der Waals surface area contributed by atoms with E-state index in [0.29, 0.717) is 36.6 Å². The van der Waals surface area contributed by atoms with Gasteiger partial charge in [0.2, 0.25) is 15.9 Å². The summed E-state index contributed by atoms with van der Waals surface area (Å²) < 4.78 is 69.0. The smallest absolute Gasteiger partial charge is 0.404 e. The maximum absolute atomic E-state index is 12.7. The molecule has 0 fully saturated rings. The monoisotopic (exact) mass is 554 g/mol. The van der Waals surface area contributed by atoms with Gasteiger partial charge in [0.05, 0.1) is 0 Å². The molecule has 1 aliphatic rings. The molecular weight excluding hydrogens is 521 g/mol. The third-order valence-electron chi connectivity index (χ3n) is 4.72. The van der Waals surface area contributed by atoms with Crippen LogP contribution in [0, 0.1) is 0 Å². The molecule has 1 aromatic rings. The van der Waals surface area contributed by atoms with Crippen LogP contribution >= 0.6 is 11.3 Å². The number of halogens is 3. The molecule has 36 heavy (non-hydrogen) atoms. The molecule has 0 bridgehead atoms. The van der Waals surface area contributed by atoms with Crippen molar-refractivity contribution in [3.8, 4) is 0 Å². The van der Waals surface area contributed by atoms with Crippen LogP contribution in [0.4, 0.5) is 13.2 Å². The van der Waals surface area contributed by atoms with E-state index in [1.807, 2.05) is 10.8 Å². The fourth-order valence-electron chi connectivity index (χ4n) is 3.28. The Morgan fingerprint density at radius 3 is 2.50 bits per heavy atom. The highest BCUT2D eigenvalue weighted by Gasteiger charge is 2.38. The summed E-state index contributed by atoms with van der Waals surface area (Å²) in [7, 11) is -4.81. The maximum Gasteiger partial charge on any atom is 0.404 e. The number of esters is 1. The molecule has 1 aliphatic heterocycles. The molecule has 204 valence electrons. The van der Waals surface area contributed by atoms with Gasteiger partial charge < -0.3 is 10.1 Å². The molecule has 3 N–H and O–H groups in total. The predicted molar refractivity (Wildman–Crippen MR) is 131 cm³/mol. The average molecular weight is 555 g/mol. The molecule has 0 radical (unpaired) electrons. The molecule has 0 saturated carbocycles. The molecule has 0 unspecified atom stereocenters. The van der Waals surface area contributed by atoms with E-state index >= 15 is 0 Å². The summed E-state index contributed by atoms with van der Waals surface area (Å²) in [6.07, 6.45) is -1.80. The third-order valence-corrected chi connectivity index (χ3v) is 7.24. The molecule has 1 atom stereocenters. The van der Waals surface area contributed by atoms with Crippen molar-refractivity contribution < 1.29 is 35.9 Å². The zero-order chi connectivity index (χ0) is 27.0. The second-order valence-corrected chi connectivity index (χ2v) is 12.4. The Morgan fingerprint density at radius 2 is 1.89 bits per heavy atom. The van der Waals surface area contributed by atoms with Crippen molar-refractivity contribution in [3.05, 3.63) is 21.9 Å². The lowest BCUT2D eigenvalue weighted by Gasteiger charge is -2.24. The standard InChI is InChI=1S/C22H33F3N4O5S2/c1-21(2,3)34-19(31)17(29-36(32,33)14-22(23,24)25)13-16-10-9-15(35-16)7-4-5-8-18(30)28-20-26-11-6-12-27-20/h9-10,17,29H,4-8,11-14H2,1-3H3,(H2,26,27,28,30)/t17-/m0/s1. The Morgan fingerprint density at radius 1 is 1.19 bits per heavy atom. The molecule has 0 saturated heterocycles. The van der Waals surface area contributed by atoms with E-state index in [-0.39, 0.29) is 12.3 Å². The highest BCUT2D eigenvalue weighted by molar-refractivity contribution is 7.89. The first-order chi connectivity index (χ1) is 16.6. The van der Waals surface area contributed by atoms with Gasteiger partial charge in [0.15, 0.2) is 11.7 Å². The summed E-state index contributed by atoms with van der Waals surface area (Å²) in [6, 6.07) is 2.02. The molecule has 2 rings (SSSR count). The zero-order valence-corrected chi connectivity index (χ0v) is 22.2. The number of hydrogen-bond donors (Lipinski definition) is 3. The van der Waals surface area contributed by atoms with Gasteiger partial charge >= 0.3 is 12.1 Å². The van der Waals surface area contributed by atoms with Gasteiger partial charge in [-0.1, -0.05) is 0 Å². The lowest BCUT2D eigenvalue weighted by atomic mass is 10.1. The lowest BCUT2D eigenvalue weighted by molar-refractivity contribution is -0.157. The molecule has 0 aromatic carbocycles. The van der Waals surface area contributed by atoms with E-state index in [2.05, 4.69) is 15.6 Å². The van der Waals surface area contributed by atoms with Gasteiger partial charge in [0.1, 0.15) is 11.6 Å². The largest absolute Gasteiger partial charge is 0.459 e. The zero-order valence-electron chi connectivity index (χ0n) is 20.5. The van der Waals surface area contributed by atoms with Crippen molar-refractivity contribution in [1.82, 2.24) is 15.4 Å². The van der Waals surface area contributed by atoms with Gasteiger partial charge in [-0.25, -0.2) is 13.1 Å². The number of hydrogen-bond acceptors (Lipinski definition) is 8. The normalized spacial score (nSPS) is 15.6. The van der Waals surface area contributed by atoms with Gasteiger partial charge in [-0.2, -0.15) is 13.2 Å². The first kappa shape index (κ1) is 30.0. The fourth-order valence-corrected chi connectivity index (χ4v) is 5.52. The van der Waals surface area contributed by atoms with Crippen molar-refractivity contribution in [2.75, 3.05) is 18.8 Å². The van der Waals surface area contributed by atoms with Crippen LogP contribution < -0.4 is 15.4 Å². The number of sulfonamides is 1. The van der Waals surface area contributed by atoms with Gasteiger partial charge in [-0.05, 0) is 58.6 Å². The summed E-state index contributed by atoms with van der Waals surface area (Å²) >= 11 is 1.33. The van der Waals surface area contributed by atoms with E-state index in [1.54, 1.807) is 26.8 Å². The number of nitrogens with one attached hydrogen (secondary N) is 3. The number of aliphatic imine (C=N–C) groups is 1. The highest BCUT2D eigenvalue weighted by atomic mass is 32.2. The third kappa shape index (κ3) is 12.2. The van der Waals surface area contributed by atoms with Crippen molar-refractivity contribution in [3.63, 3.8) is 0 Å². The van der Waals surface area contributed by atoms with Crippen LogP contribution in [0.5, 0.6) is 0 Å². The quantitative estimate of drug-likeness (QED) is 0.285. The molecular formula is C22H33F3N4O5S2. The van der Waals surface area contributed by atoms with Crippen LogP contribution in [0.15, 0.2) is 17.1 Å². The van der Waals surface area contributed by atoms with Gasteiger partial charge in [-0.3, -0.25) is 19.9 Å². The van der Waals surface area contributed by atoms with Crippen molar-refractivity contribution in [1.29, 1.82) is 0 Å². The molecule has 1 aromatic heterocycles. The number of thiophene rings is 1. The Balaban J connectivity index is 1.91. The molecule has 1 amide bonds. The minimum Gasteiger partial charge on any atom is -0.459 e. The topological polar surface area (TPSA) is 126 Å². The molecule has 14 heteroatoms. The number of unbranched alkanes of at least 4 members (excludes halogenated alkanes) is 1. The molecule has 2 heterocycles. The van der Waals surface area contributed by atoms with Crippen LogP contribution in [0.2, 0.25) is 0 Å². The number of aryl methyl sites for hydroxylation is 1. The summed E-state index contributed by atoms with van der Waals surface area (Å²) in [5.41, 5.74) is -0.947. The minimum atomic E-state index is -4.95. The maximum atomic E-state index is 12.7. The van der Waals surface area contributed by atoms with Crippen LogP contribution in [0.3, 0.4) is 0 Å². The summed E-state index contributed by atoms with van der Waals surface area (Å²) in [6.45, 7) is 6.19. The highest BCUT2D eigenvalue weighted by Crippen LogP contribution is 2.23. The number of rotatable bonds is 11. The average Bonchev–Trinajstić information content (AvgIpc) is 3.15. The SMILES string of the molecule is CC(C)(C)OC(=O)[C@H](Cc1ccc(CCCCC(=O)NC2=NCCCN2)s1)NS(=O)(=O)CC(F)(F)F. The number of guanidine groups is 1. The summed E-state index contributed by atoms with van der Waals surface area (Å²) in [5.74, 6) is -2.67. The van der Waals surface area contributed by atoms with Crippen LogP contribution in [-0.2, 0) is 37.2 Å². The number of carbonyl (C=O) groups excluding carboxylic acids is 2. The Hall–Kier alpha value is -2.19. The van der Waals surface area contributed by atoms with Crippen molar-refractivity contribution in [2.45, 2.75) is 77.1 Å². The van der Waals surface area contributed by atoms with E-state index in [0.717, 1.165) is 24.3 Å². The Bertz CT molecular complexity index is 1030. The number of carbonyl (C=O) groups is 2. The molecule has 0 aliphatic carbocycles. The number of nitrogens with zero attached hydrogens (tertiary/aromatic N) is 1. The Kier molecular flexibility index (Phi) is 10.7. The summed E-state index contributed by atoms with van der Waals surface area (Å²) in [4.78, 5) is 30.3. The second-order valence-electron chi connectivity index (χ2n) is 9.42. The van der Waals surface area contributed by atoms with Crippen LogP contribution in [0.25, 0.3) is 0 Å². The van der Waals surface area contributed by atoms with Crippen molar-refractivity contribution >= 4 is 39.2 Å². The van der Waals surface area contributed by atoms with Gasteiger partial charge in [-0.15, -0.1) is 11.3 Å². The Labute approximate surface area is 213 Å². The lowest BCUT2D eigenvalue weighted by Crippen LogP contribution is -2.47. The van der Waals surface area contributed by atoms with E-state index < -0.39 is 39.6 Å². The van der Waals surface area contributed by atoms with Gasteiger partial charge in [0.25, 0.3) is 0 Å². The first-order valence-electron chi connectivity index (χ1n) is 11.6. The summed E-state index contributed by atoms with van der Waals surface area (Å²) in [5, 5.41) is 5.75. The predicted octanol–water partition coefficient (Wildman–Crippen LogP) is 2.66. The van der Waals surface area contributed by atoms with E-state index in [1.165, 1.54) is 11.3 Å². The molecule has 0 spiro atoms. The van der Waals surface area contributed by atoms with Crippen LogP contribution in [-0.4, -0.2) is 62.9 Å². The number of ether oxygens (including phenoxy) is 1. The van der Waals surface area contributed by atoms with Crippen LogP contribution in [0.1, 0.15) is 56.2 Å². The fraction of sp³-hybridized carbons (Fsp3) is 0.682. The minimum absolute atomic E-state index is 0.124. The second kappa shape index (κ2) is 12.9. The first-order valence-corrected chi connectivity index (χ1v) is 14.0. The molecule has 9 nitrogen and oxygen atoms in total. The van der Waals surface area contributed by atoms with Gasteiger partial charge in [0, 0.05) is 35.7 Å². The number of alkyl halides is 3. The van der Waals surface area contributed by atoms with Crippen molar-refractivity contribution in [2.24, 2.45) is 4.99 Å². The number of amides is 1. The van der Waals surface area contributed by atoms with E-state index in [9.17, 15) is 31.2 Å². The van der Waals surface area contributed by atoms with E-state index in [4.69, 9.17) is 4.74 Å².